The summed E-state index contributed by atoms with van der Waals surface area (Å²) in [6.45, 7) is 8.13. The summed E-state index contributed by atoms with van der Waals surface area (Å²) < 4.78 is 12.0. The number of carbonyl (C=O) groups excluding carboxylic acids is 2. The second-order valence-electron chi connectivity index (χ2n) is 10.5. The highest BCUT2D eigenvalue weighted by Gasteiger charge is 2.32. The number of aromatic amines is 1. The van der Waals surface area contributed by atoms with Gasteiger partial charge in [0.15, 0.2) is 5.75 Å². The Morgan fingerprint density at radius 1 is 1.00 bits per heavy atom. The third kappa shape index (κ3) is 6.51. The average Bonchev–Trinajstić information content (AvgIpc) is 2.91. The maximum Gasteiger partial charge on any atom is 0.343 e. The molecule has 1 fully saturated rings. The number of hydrogen-bond acceptors (Lipinski definition) is 6. The number of fused-ring (bicyclic) bond motifs is 1. The molecule has 2 unspecified atom stereocenters. The molecule has 0 spiro atoms. The van der Waals surface area contributed by atoms with E-state index in [4.69, 9.17) is 9.47 Å². The van der Waals surface area contributed by atoms with E-state index in [1.54, 1.807) is 24.3 Å². The minimum absolute atomic E-state index is 0.0939. The van der Waals surface area contributed by atoms with E-state index in [0.29, 0.717) is 16.5 Å². The van der Waals surface area contributed by atoms with Gasteiger partial charge in [-0.15, -0.1) is 0 Å². The third-order valence-electron chi connectivity index (χ3n) is 7.22. The monoisotopic (exact) mass is 518 g/mol. The summed E-state index contributed by atoms with van der Waals surface area (Å²) in [5.74, 6) is -0.541. The van der Waals surface area contributed by atoms with Gasteiger partial charge in [0, 0.05) is 29.1 Å². The van der Waals surface area contributed by atoms with E-state index in [-0.39, 0.29) is 35.3 Å². The molecule has 2 N–H and O–H groups in total. The van der Waals surface area contributed by atoms with Crippen molar-refractivity contribution in [2.75, 3.05) is 0 Å². The second kappa shape index (κ2) is 12.4. The Morgan fingerprint density at radius 2 is 1.71 bits per heavy atom. The summed E-state index contributed by atoms with van der Waals surface area (Å²) >= 11 is 0. The van der Waals surface area contributed by atoms with Crippen LogP contribution in [-0.2, 0) is 9.53 Å². The van der Waals surface area contributed by atoms with Crippen molar-refractivity contribution < 1.29 is 19.1 Å². The lowest BCUT2D eigenvalue weighted by Gasteiger charge is -2.32. The summed E-state index contributed by atoms with van der Waals surface area (Å²) in [5, 5.41) is 4.22. The molecule has 0 saturated heterocycles. The number of pyridine rings is 1. The van der Waals surface area contributed by atoms with Gasteiger partial charge in [0.05, 0.1) is 17.0 Å². The summed E-state index contributed by atoms with van der Waals surface area (Å²) in [7, 11) is 0. The molecule has 4 rings (SSSR count). The van der Waals surface area contributed by atoms with Crippen molar-refractivity contribution in [3.63, 3.8) is 0 Å². The molecule has 1 aliphatic carbocycles. The van der Waals surface area contributed by atoms with Crippen molar-refractivity contribution in [1.29, 1.82) is 0 Å². The first-order valence-corrected chi connectivity index (χ1v) is 13.7. The number of aryl methyl sites for hydroxylation is 1. The maximum atomic E-state index is 13.3. The van der Waals surface area contributed by atoms with Gasteiger partial charge >= 0.3 is 11.9 Å². The summed E-state index contributed by atoms with van der Waals surface area (Å²) in [5.41, 5.74) is 2.29. The molecule has 1 aromatic heterocycles. The normalized spacial score (nSPS) is 15.8. The van der Waals surface area contributed by atoms with Gasteiger partial charge in [-0.25, -0.2) is 4.79 Å². The number of esters is 2. The minimum atomic E-state index is -0.577. The van der Waals surface area contributed by atoms with Crippen LogP contribution in [0.1, 0.15) is 86.9 Å². The molecule has 1 saturated carbocycles. The van der Waals surface area contributed by atoms with Gasteiger partial charge in [0.2, 0.25) is 5.56 Å². The second-order valence-corrected chi connectivity index (χ2v) is 10.5. The van der Waals surface area contributed by atoms with Crippen LogP contribution in [0.4, 0.5) is 0 Å². The lowest BCUT2D eigenvalue weighted by atomic mass is 9.89. The van der Waals surface area contributed by atoms with Crippen molar-refractivity contribution in [2.24, 2.45) is 5.92 Å². The van der Waals surface area contributed by atoms with E-state index in [2.05, 4.69) is 31.1 Å². The van der Waals surface area contributed by atoms with Crippen molar-refractivity contribution in [2.45, 2.75) is 84.4 Å². The molecule has 0 bridgehead atoms. The van der Waals surface area contributed by atoms with Gasteiger partial charge in [-0.2, -0.15) is 0 Å². The summed E-state index contributed by atoms with van der Waals surface area (Å²) in [4.78, 5) is 41.3. The maximum absolute atomic E-state index is 13.3. The first-order chi connectivity index (χ1) is 18.3. The van der Waals surface area contributed by atoms with Crippen LogP contribution in [0.5, 0.6) is 5.75 Å². The fourth-order valence-electron chi connectivity index (χ4n) is 5.20. The van der Waals surface area contributed by atoms with E-state index in [1.807, 2.05) is 25.1 Å². The molecule has 7 nitrogen and oxygen atoms in total. The molecule has 0 amide bonds. The zero-order valence-corrected chi connectivity index (χ0v) is 22.7. The first kappa shape index (κ1) is 27.6. The van der Waals surface area contributed by atoms with E-state index >= 15 is 0 Å². The number of aromatic nitrogens is 1. The molecule has 0 radical (unpaired) electrons. The van der Waals surface area contributed by atoms with Crippen LogP contribution in [0.3, 0.4) is 0 Å². The SMILES string of the molecule is CCC(NC(C)C)C(OC(=O)C1CCCCC1)c1ccc(OC(=O)c2ccc(C)cc2)c2[nH]c(=O)ccc12. The van der Waals surface area contributed by atoms with Crippen LogP contribution in [0.25, 0.3) is 10.9 Å². The lowest BCUT2D eigenvalue weighted by molar-refractivity contribution is -0.157. The van der Waals surface area contributed by atoms with Gasteiger partial charge in [-0.3, -0.25) is 9.59 Å². The van der Waals surface area contributed by atoms with Crippen LogP contribution in [0, 0.1) is 12.8 Å². The van der Waals surface area contributed by atoms with Gasteiger partial charge in [0.25, 0.3) is 0 Å². The Morgan fingerprint density at radius 3 is 2.37 bits per heavy atom. The van der Waals surface area contributed by atoms with Crippen LogP contribution in [-0.4, -0.2) is 29.0 Å². The Balaban J connectivity index is 1.74. The van der Waals surface area contributed by atoms with Crippen molar-refractivity contribution in [3.8, 4) is 5.75 Å². The Bertz CT molecular complexity index is 1320. The third-order valence-corrected chi connectivity index (χ3v) is 7.22. The zero-order valence-electron chi connectivity index (χ0n) is 22.7. The van der Waals surface area contributed by atoms with Crippen molar-refractivity contribution in [3.05, 3.63) is 75.6 Å². The molecular formula is C31H38N2O5. The van der Waals surface area contributed by atoms with E-state index in [0.717, 1.165) is 49.7 Å². The summed E-state index contributed by atoms with van der Waals surface area (Å²) in [6.07, 6.45) is 5.08. The van der Waals surface area contributed by atoms with Crippen LogP contribution < -0.4 is 15.6 Å². The number of carbonyl (C=O) groups is 2. The predicted molar refractivity (Wildman–Crippen MR) is 148 cm³/mol. The Hall–Kier alpha value is -3.45. The van der Waals surface area contributed by atoms with Crippen molar-refractivity contribution in [1.82, 2.24) is 10.3 Å². The predicted octanol–water partition coefficient (Wildman–Crippen LogP) is 6.00. The number of rotatable bonds is 9. The van der Waals surface area contributed by atoms with E-state index in [1.165, 1.54) is 6.07 Å². The van der Waals surface area contributed by atoms with E-state index < -0.39 is 12.1 Å². The molecule has 7 heteroatoms. The van der Waals surface area contributed by atoms with Crippen molar-refractivity contribution >= 4 is 22.8 Å². The smallest absolute Gasteiger partial charge is 0.343 e. The molecule has 2 atom stereocenters. The molecule has 2 aromatic carbocycles. The standard InChI is InChI=1S/C31H38N2O5/c1-5-25(32-19(2)3)29(38-31(36)21-9-7-6-8-10-21)24-15-17-26(28-23(24)16-18-27(34)33-28)37-30(35)22-13-11-20(4)12-14-22/h11-19,21,25,29,32H,5-10H2,1-4H3,(H,33,34). The average molecular weight is 519 g/mol. The molecule has 1 heterocycles. The summed E-state index contributed by atoms with van der Waals surface area (Å²) in [6, 6.07) is 13.8. The number of H-pyrrole nitrogens is 1. The molecule has 202 valence electrons. The molecule has 1 aliphatic rings. The highest BCUT2D eigenvalue weighted by molar-refractivity contribution is 5.95. The molecular weight excluding hydrogens is 480 g/mol. The largest absolute Gasteiger partial charge is 0.456 e. The number of benzene rings is 2. The van der Waals surface area contributed by atoms with Crippen LogP contribution in [0.2, 0.25) is 0 Å². The molecule has 0 aliphatic heterocycles. The quantitative estimate of drug-likeness (QED) is 0.266. The highest BCUT2D eigenvalue weighted by Crippen LogP contribution is 2.36. The number of nitrogens with one attached hydrogen (secondary N) is 2. The molecule has 3 aromatic rings. The zero-order chi connectivity index (χ0) is 27.2. The van der Waals surface area contributed by atoms with Crippen LogP contribution >= 0.6 is 0 Å². The fraction of sp³-hybridized carbons (Fsp3) is 0.452. The van der Waals surface area contributed by atoms with Gasteiger partial charge in [-0.1, -0.05) is 63.8 Å². The minimum Gasteiger partial charge on any atom is -0.456 e. The topological polar surface area (TPSA) is 97.5 Å². The van der Waals surface area contributed by atoms with Crippen LogP contribution in [0.15, 0.2) is 53.3 Å². The van der Waals surface area contributed by atoms with Gasteiger partial charge in [0.1, 0.15) is 6.10 Å². The highest BCUT2D eigenvalue weighted by atomic mass is 16.5. The number of ether oxygens (including phenoxy) is 2. The van der Waals surface area contributed by atoms with E-state index in [9.17, 15) is 14.4 Å². The lowest BCUT2D eigenvalue weighted by Crippen LogP contribution is -2.41. The first-order valence-electron chi connectivity index (χ1n) is 13.7. The Labute approximate surface area is 223 Å². The Kier molecular flexibility index (Phi) is 9.00. The number of hydrogen-bond donors (Lipinski definition) is 2. The van der Waals surface area contributed by atoms with Gasteiger partial charge < -0.3 is 19.8 Å². The fourth-order valence-corrected chi connectivity index (χ4v) is 5.20. The molecule has 38 heavy (non-hydrogen) atoms. The van der Waals surface area contributed by atoms with Gasteiger partial charge in [-0.05, 0) is 50.5 Å².